The Hall–Kier alpha value is -4.13. The molecule has 3 aromatic rings. The Morgan fingerprint density at radius 3 is 2.29 bits per heavy atom. The number of para-hydroxylation sites is 1. The van der Waals surface area contributed by atoms with Crippen molar-refractivity contribution in [3.63, 3.8) is 0 Å². The summed E-state index contributed by atoms with van der Waals surface area (Å²) in [6.45, 7) is 3.18. The van der Waals surface area contributed by atoms with Crippen LogP contribution in [0.15, 0.2) is 78.9 Å². The molecule has 2 N–H and O–H groups in total. The van der Waals surface area contributed by atoms with Crippen LogP contribution in [0.2, 0.25) is 0 Å². The molecule has 7 heteroatoms. The van der Waals surface area contributed by atoms with Gasteiger partial charge in [-0.1, -0.05) is 72.8 Å². The lowest BCUT2D eigenvalue weighted by Gasteiger charge is -2.23. The number of carbonyl (C=O) groups excluding carboxylic acids is 3. The van der Waals surface area contributed by atoms with Crippen molar-refractivity contribution >= 4 is 17.8 Å². The maximum Gasteiger partial charge on any atom is 0.325 e. The number of amides is 4. The molecule has 180 valence electrons. The van der Waals surface area contributed by atoms with Crippen LogP contribution in [0.5, 0.6) is 5.75 Å². The summed E-state index contributed by atoms with van der Waals surface area (Å²) < 4.78 is 5.37. The van der Waals surface area contributed by atoms with Crippen LogP contribution < -0.4 is 15.4 Å². The number of imide groups is 1. The molecule has 1 fully saturated rings. The molecule has 1 aliphatic rings. The molecule has 0 radical (unpaired) electrons. The van der Waals surface area contributed by atoms with Crippen molar-refractivity contribution in [3.8, 4) is 16.9 Å². The summed E-state index contributed by atoms with van der Waals surface area (Å²) in [6.07, 6.45) is 0.254. The zero-order chi connectivity index (χ0) is 25.0. The van der Waals surface area contributed by atoms with Gasteiger partial charge in [-0.3, -0.25) is 14.5 Å². The SMILES string of the molecule is COc1ccccc1C[C@]1(C)NC(=O)N(CC(=O)N[C@@H](C)c2ccc(-c3ccccc3)cc2)C1=O. The Kier molecular flexibility index (Phi) is 6.87. The van der Waals surface area contributed by atoms with Crippen LogP contribution in [0.3, 0.4) is 0 Å². The molecule has 4 rings (SSSR count). The first-order chi connectivity index (χ1) is 16.8. The quantitative estimate of drug-likeness (QED) is 0.485. The van der Waals surface area contributed by atoms with E-state index in [9.17, 15) is 14.4 Å². The minimum atomic E-state index is -1.16. The molecular weight excluding hydrogens is 442 g/mol. The first kappa shape index (κ1) is 24.0. The lowest BCUT2D eigenvalue weighted by molar-refractivity contribution is -0.134. The average Bonchev–Trinajstić information content (AvgIpc) is 3.07. The third kappa shape index (κ3) is 5.19. The van der Waals surface area contributed by atoms with Crippen molar-refractivity contribution in [1.82, 2.24) is 15.5 Å². The molecule has 35 heavy (non-hydrogen) atoms. The fraction of sp³-hybridized carbons (Fsp3) is 0.250. The number of methoxy groups -OCH3 is 1. The zero-order valence-electron chi connectivity index (χ0n) is 20.1. The molecule has 4 amide bonds. The van der Waals surface area contributed by atoms with E-state index >= 15 is 0 Å². The van der Waals surface area contributed by atoms with E-state index in [0.717, 1.165) is 27.2 Å². The highest BCUT2D eigenvalue weighted by molar-refractivity contribution is 6.09. The first-order valence-electron chi connectivity index (χ1n) is 11.5. The summed E-state index contributed by atoms with van der Waals surface area (Å²) in [6, 6.07) is 24.5. The fourth-order valence-corrected chi connectivity index (χ4v) is 4.35. The molecular formula is C28H29N3O4. The van der Waals surface area contributed by atoms with Crippen LogP contribution in [-0.4, -0.2) is 41.9 Å². The molecule has 0 aromatic heterocycles. The second kappa shape index (κ2) is 10.0. The summed E-state index contributed by atoms with van der Waals surface area (Å²) in [4.78, 5) is 39.4. The Labute approximate surface area is 205 Å². The zero-order valence-corrected chi connectivity index (χ0v) is 20.1. The van der Waals surface area contributed by atoms with Gasteiger partial charge in [0.15, 0.2) is 0 Å². The van der Waals surface area contributed by atoms with Gasteiger partial charge in [-0.15, -0.1) is 0 Å². The smallest absolute Gasteiger partial charge is 0.325 e. The van der Waals surface area contributed by atoms with Crippen molar-refractivity contribution in [2.45, 2.75) is 31.8 Å². The van der Waals surface area contributed by atoms with Crippen LogP contribution >= 0.6 is 0 Å². The fourth-order valence-electron chi connectivity index (χ4n) is 4.35. The normalized spacial score (nSPS) is 18.2. The molecule has 0 unspecified atom stereocenters. The largest absolute Gasteiger partial charge is 0.496 e. The highest BCUT2D eigenvalue weighted by Gasteiger charge is 2.48. The minimum Gasteiger partial charge on any atom is -0.496 e. The lowest BCUT2D eigenvalue weighted by Crippen LogP contribution is -2.47. The van der Waals surface area contributed by atoms with Gasteiger partial charge in [0.25, 0.3) is 5.91 Å². The van der Waals surface area contributed by atoms with Crippen LogP contribution in [0.25, 0.3) is 11.1 Å². The molecule has 0 saturated carbocycles. The van der Waals surface area contributed by atoms with Crippen molar-refractivity contribution in [1.29, 1.82) is 0 Å². The predicted octanol–water partition coefficient (Wildman–Crippen LogP) is 4.09. The number of nitrogens with zero attached hydrogens (tertiary/aromatic N) is 1. The molecule has 0 aliphatic carbocycles. The Morgan fingerprint density at radius 1 is 0.971 bits per heavy atom. The van der Waals surface area contributed by atoms with E-state index in [2.05, 4.69) is 10.6 Å². The summed E-state index contributed by atoms with van der Waals surface area (Å²) in [5.41, 5.74) is 2.76. The number of urea groups is 1. The van der Waals surface area contributed by atoms with Gasteiger partial charge in [-0.05, 0) is 42.2 Å². The van der Waals surface area contributed by atoms with Crippen LogP contribution in [0.4, 0.5) is 4.79 Å². The van der Waals surface area contributed by atoms with Gasteiger partial charge in [-0.25, -0.2) is 4.79 Å². The average molecular weight is 472 g/mol. The molecule has 0 bridgehead atoms. The number of carbonyl (C=O) groups is 3. The van der Waals surface area contributed by atoms with Crippen molar-refractivity contribution in [3.05, 3.63) is 90.0 Å². The first-order valence-corrected chi connectivity index (χ1v) is 11.5. The predicted molar refractivity (Wildman–Crippen MR) is 134 cm³/mol. The van der Waals surface area contributed by atoms with E-state index in [0.29, 0.717) is 5.75 Å². The van der Waals surface area contributed by atoms with Gasteiger partial charge in [0.1, 0.15) is 17.8 Å². The highest BCUT2D eigenvalue weighted by Crippen LogP contribution is 2.27. The van der Waals surface area contributed by atoms with Crippen LogP contribution in [-0.2, 0) is 16.0 Å². The van der Waals surface area contributed by atoms with E-state index in [-0.39, 0.29) is 19.0 Å². The van der Waals surface area contributed by atoms with Gasteiger partial charge in [0, 0.05) is 6.42 Å². The Bertz CT molecular complexity index is 1230. The maximum absolute atomic E-state index is 13.1. The third-order valence-electron chi connectivity index (χ3n) is 6.28. The van der Waals surface area contributed by atoms with E-state index in [1.165, 1.54) is 0 Å². The van der Waals surface area contributed by atoms with Crippen LogP contribution in [0.1, 0.15) is 31.0 Å². The van der Waals surface area contributed by atoms with Crippen molar-refractivity contribution < 1.29 is 19.1 Å². The summed E-state index contributed by atoms with van der Waals surface area (Å²) in [5.74, 6) is -0.211. The van der Waals surface area contributed by atoms with E-state index < -0.39 is 23.4 Å². The molecule has 7 nitrogen and oxygen atoms in total. The summed E-state index contributed by atoms with van der Waals surface area (Å²) >= 11 is 0. The van der Waals surface area contributed by atoms with Crippen LogP contribution in [0, 0.1) is 0 Å². The number of benzene rings is 3. The molecule has 2 atom stereocenters. The molecule has 0 spiro atoms. The Morgan fingerprint density at radius 2 is 1.60 bits per heavy atom. The molecule has 1 aliphatic heterocycles. The number of hydrogen-bond donors (Lipinski definition) is 2. The highest BCUT2D eigenvalue weighted by atomic mass is 16.5. The van der Waals surface area contributed by atoms with Gasteiger partial charge in [0.05, 0.1) is 13.2 Å². The number of nitrogens with one attached hydrogen (secondary N) is 2. The summed E-state index contributed by atoms with van der Waals surface area (Å²) in [5, 5.41) is 5.63. The topological polar surface area (TPSA) is 87.7 Å². The number of rotatable bonds is 8. The van der Waals surface area contributed by atoms with Gasteiger partial charge in [0.2, 0.25) is 5.91 Å². The van der Waals surface area contributed by atoms with E-state index in [1.807, 2.05) is 79.7 Å². The minimum absolute atomic E-state index is 0.254. The molecule has 1 saturated heterocycles. The van der Waals surface area contributed by atoms with E-state index in [1.54, 1.807) is 20.1 Å². The second-order valence-electron chi connectivity index (χ2n) is 8.92. The van der Waals surface area contributed by atoms with E-state index in [4.69, 9.17) is 4.74 Å². The molecule has 3 aromatic carbocycles. The second-order valence-corrected chi connectivity index (χ2v) is 8.92. The van der Waals surface area contributed by atoms with Crippen molar-refractivity contribution in [2.24, 2.45) is 0 Å². The lowest BCUT2D eigenvalue weighted by atomic mass is 9.92. The van der Waals surface area contributed by atoms with Gasteiger partial charge >= 0.3 is 6.03 Å². The third-order valence-corrected chi connectivity index (χ3v) is 6.28. The van der Waals surface area contributed by atoms with Gasteiger partial charge in [-0.2, -0.15) is 0 Å². The standard InChI is InChI=1S/C28H29N3O4/c1-19(20-13-15-22(16-14-20)21-9-5-4-6-10-21)29-25(32)18-31-26(33)28(2,30-27(31)34)17-23-11-7-8-12-24(23)35-3/h4-16,19H,17-18H2,1-3H3,(H,29,32)(H,30,34)/t19-,28-/m0/s1. The number of hydrogen-bond acceptors (Lipinski definition) is 4. The van der Waals surface area contributed by atoms with Crippen molar-refractivity contribution in [2.75, 3.05) is 13.7 Å². The Balaban J connectivity index is 1.38. The molecule has 1 heterocycles. The number of ether oxygens (including phenoxy) is 1. The monoisotopic (exact) mass is 471 g/mol. The van der Waals surface area contributed by atoms with Gasteiger partial charge < -0.3 is 15.4 Å². The maximum atomic E-state index is 13.1. The summed E-state index contributed by atoms with van der Waals surface area (Å²) in [7, 11) is 1.56.